The highest BCUT2D eigenvalue weighted by Gasteiger charge is 2.65. The number of nitrogens with one attached hydrogen (secondary N) is 1. The maximum Gasteiger partial charge on any atom is 0.220 e. The first-order chi connectivity index (χ1) is 7.81. The van der Waals surface area contributed by atoms with Crippen LogP contribution in [0.3, 0.4) is 0 Å². The molecule has 1 amide bonds. The van der Waals surface area contributed by atoms with Crippen LogP contribution in [0.1, 0.15) is 38.5 Å². The van der Waals surface area contributed by atoms with E-state index in [1.54, 1.807) is 0 Å². The monoisotopic (exact) mass is 285 g/mol. The lowest BCUT2D eigenvalue weighted by molar-refractivity contribution is -0.121. The van der Waals surface area contributed by atoms with Gasteiger partial charge in [-0.15, -0.1) is 0 Å². The molecule has 0 aliphatic heterocycles. The van der Waals surface area contributed by atoms with Gasteiger partial charge in [-0.25, -0.2) is 0 Å². The molecular formula is C13H20BrNO. The van der Waals surface area contributed by atoms with Crippen molar-refractivity contribution in [3.8, 4) is 0 Å². The van der Waals surface area contributed by atoms with Crippen LogP contribution >= 0.6 is 15.9 Å². The minimum Gasteiger partial charge on any atom is -0.353 e. The smallest absolute Gasteiger partial charge is 0.220 e. The molecule has 1 N–H and O–H groups in total. The number of amides is 1. The largest absolute Gasteiger partial charge is 0.353 e. The summed E-state index contributed by atoms with van der Waals surface area (Å²) in [4.78, 5) is 11.7. The highest BCUT2D eigenvalue weighted by Crippen LogP contribution is 2.65. The van der Waals surface area contributed by atoms with Crippen molar-refractivity contribution in [1.82, 2.24) is 5.32 Å². The van der Waals surface area contributed by atoms with Gasteiger partial charge >= 0.3 is 0 Å². The van der Waals surface area contributed by atoms with Crippen LogP contribution in [0.25, 0.3) is 0 Å². The predicted octanol–water partition coefficient (Wildman–Crippen LogP) is 2.71. The van der Waals surface area contributed by atoms with E-state index in [1.165, 1.54) is 19.3 Å². The van der Waals surface area contributed by atoms with Crippen molar-refractivity contribution in [3.05, 3.63) is 0 Å². The maximum absolute atomic E-state index is 11.7. The topological polar surface area (TPSA) is 29.1 Å². The molecule has 0 saturated heterocycles. The van der Waals surface area contributed by atoms with Gasteiger partial charge in [-0.1, -0.05) is 15.9 Å². The van der Waals surface area contributed by atoms with Crippen LogP contribution < -0.4 is 5.32 Å². The predicted molar refractivity (Wildman–Crippen MR) is 67.4 cm³/mol. The molecule has 3 fully saturated rings. The summed E-state index contributed by atoms with van der Waals surface area (Å²) in [5.74, 6) is 3.96. The second kappa shape index (κ2) is 4.32. The Morgan fingerprint density at radius 3 is 2.50 bits per heavy atom. The molecule has 4 atom stereocenters. The molecule has 0 spiro atoms. The van der Waals surface area contributed by atoms with E-state index in [2.05, 4.69) is 21.2 Å². The van der Waals surface area contributed by atoms with Crippen LogP contribution in [0.5, 0.6) is 0 Å². The highest BCUT2D eigenvalue weighted by molar-refractivity contribution is 9.09. The van der Waals surface area contributed by atoms with Crippen molar-refractivity contribution in [2.24, 2.45) is 23.7 Å². The third-order valence-corrected chi connectivity index (χ3v) is 5.41. The van der Waals surface area contributed by atoms with Gasteiger partial charge in [-0.3, -0.25) is 4.79 Å². The summed E-state index contributed by atoms with van der Waals surface area (Å²) >= 11 is 3.39. The standard InChI is InChI=1S/C13H20BrNO/c14-6-2-1-3-10(16)15-13-11-8-4-5-9(7-8)12(11)13/h8-9,11-13H,1-7H2,(H,15,16). The number of fused-ring (bicyclic) bond motifs is 5. The lowest BCUT2D eigenvalue weighted by atomic mass is 10.0. The normalized spacial score (nSPS) is 43.2. The van der Waals surface area contributed by atoms with Crippen molar-refractivity contribution in [1.29, 1.82) is 0 Å². The Kier molecular flexibility index (Phi) is 2.99. The lowest BCUT2D eigenvalue weighted by Crippen LogP contribution is -2.29. The van der Waals surface area contributed by atoms with Gasteiger partial charge in [0.15, 0.2) is 0 Å². The molecule has 4 unspecified atom stereocenters. The van der Waals surface area contributed by atoms with Gasteiger partial charge in [0.25, 0.3) is 0 Å². The van der Waals surface area contributed by atoms with Gasteiger partial charge in [-0.05, 0) is 55.8 Å². The van der Waals surface area contributed by atoms with E-state index in [0.717, 1.165) is 48.3 Å². The van der Waals surface area contributed by atoms with Crippen molar-refractivity contribution >= 4 is 21.8 Å². The number of carbonyl (C=O) groups excluding carboxylic acids is 1. The summed E-state index contributed by atoms with van der Waals surface area (Å²) < 4.78 is 0. The van der Waals surface area contributed by atoms with Crippen molar-refractivity contribution < 1.29 is 4.79 Å². The van der Waals surface area contributed by atoms with Gasteiger partial charge in [-0.2, -0.15) is 0 Å². The number of halogens is 1. The first-order valence-corrected chi connectivity index (χ1v) is 7.78. The van der Waals surface area contributed by atoms with Crippen LogP contribution in [0.4, 0.5) is 0 Å². The molecule has 3 aliphatic carbocycles. The van der Waals surface area contributed by atoms with Crippen LogP contribution in [0.15, 0.2) is 0 Å². The van der Waals surface area contributed by atoms with E-state index in [0.29, 0.717) is 11.9 Å². The fraction of sp³-hybridized carbons (Fsp3) is 0.923. The van der Waals surface area contributed by atoms with Gasteiger partial charge < -0.3 is 5.32 Å². The summed E-state index contributed by atoms with van der Waals surface area (Å²) in [5.41, 5.74) is 0. The first kappa shape index (κ1) is 11.1. The van der Waals surface area contributed by atoms with Crippen LogP contribution in [-0.4, -0.2) is 17.3 Å². The van der Waals surface area contributed by atoms with E-state index in [4.69, 9.17) is 0 Å². The van der Waals surface area contributed by atoms with Gasteiger partial charge in [0, 0.05) is 17.8 Å². The second-order valence-electron chi connectivity index (χ2n) is 5.73. The zero-order valence-corrected chi connectivity index (χ0v) is 11.2. The molecule has 3 heteroatoms. The molecule has 2 bridgehead atoms. The number of alkyl halides is 1. The Balaban J connectivity index is 1.43. The number of carbonyl (C=O) groups is 1. The average Bonchev–Trinajstić information content (AvgIpc) is 2.70. The maximum atomic E-state index is 11.7. The Morgan fingerprint density at radius 2 is 1.88 bits per heavy atom. The van der Waals surface area contributed by atoms with E-state index in [1.807, 2.05) is 0 Å². The van der Waals surface area contributed by atoms with Gasteiger partial charge in [0.05, 0.1) is 0 Å². The molecule has 0 heterocycles. The molecule has 0 aromatic rings. The molecule has 16 heavy (non-hydrogen) atoms. The molecule has 0 aromatic carbocycles. The fourth-order valence-corrected chi connectivity index (χ4v) is 4.55. The Hall–Kier alpha value is -0.0500. The van der Waals surface area contributed by atoms with E-state index in [9.17, 15) is 4.79 Å². The second-order valence-corrected chi connectivity index (χ2v) is 6.52. The van der Waals surface area contributed by atoms with E-state index >= 15 is 0 Å². The molecule has 2 nitrogen and oxygen atoms in total. The first-order valence-electron chi connectivity index (χ1n) is 6.66. The molecule has 0 radical (unpaired) electrons. The summed E-state index contributed by atoms with van der Waals surface area (Å²) in [7, 11) is 0. The van der Waals surface area contributed by atoms with Crippen LogP contribution in [0.2, 0.25) is 0 Å². The third-order valence-electron chi connectivity index (χ3n) is 4.85. The summed E-state index contributed by atoms with van der Waals surface area (Å²) in [6.45, 7) is 0. The number of rotatable bonds is 5. The molecule has 90 valence electrons. The fourth-order valence-electron chi connectivity index (χ4n) is 4.16. The third kappa shape index (κ3) is 1.81. The van der Waals surface area contributed by atoms with E-state index < -0.39 is 0 Å². The highest BCUT2D eigenvalue weighted by atomic mass is 79.9. The Morgan fingerprint density at radius 1 is 1.19 bits per heavy atom. The molecule has 0 aromatic heterocycles. The number of unbranched alkanes of at least 4 members (excludes halogenated alkanes) is 1. The zero-order chi connectivity index (χ0) is 11.1. The average molecular weight is 286 g/mol. The quantitative estimate of drug-likeness (QED) is 0.611. The lowest BCUT2D eigenvalue weighted by Gasteiger charge is -2.10. The number of hydrogen-bond acceptors (Lipinski definition) is 1. The van der Waals surface area contributed by atoms with Crippen molar-refractivity contribution in [2.45, 2.75) is 44.6 Å². The van der Waals surface area contributed by atoms with Crippen molar-refractivity contribution in [3.63, 3.8) is 0 Å². The molecular weight excluding hydrogens is 266 g/mol. The van der Waals surface area contributed by atoms with Crippen LogP contribution in [-0.2, 0) is 4.79 Å². The summed E-state index contributed by atoms with van der Waals surface area (Å²) in [6.07, 6.45) is 7.17. The van der Waals surface area contributed by atoms with Gasteiger partial charge in [0.2, 0.25) is 5.91 Å². The minimum absolute atomic E-state index is 0.291. The minimum atomic E-state index is 0.291. The van der Waals surface area contributed by atoms with Crippen molar-refractivity contribution in [2.75, 3.05) is 5.33 Å². The Labute approximate surface area is 106 Å². The summed E-state index contributed by atoms with van der Waals surface area (Å²) in [5, 5.41) is 4.27. The van der Waals surface area contributed by atoms with E-state index in [-0.39, 0.29) is 0 Å². The SMILES string of the molecule is O=C(CCCCBr)NC1C2C3CCC(C3)C12. The Bertz CT molecular complexity index is 278. The van der Waals surface area contributed by atoms with Crippen LogP contribution in [0, 0.1) is 23.7 Å². The van der Waals surface area contributed by atoms with Gasteiger partial charge in [0.1, 0.15) is 0 Å². The molecule has 3 rings (SSSR count). The summed E-state index contributed by atoms with van der Waals surface area (Å²) in [6, 6.07) is 0.572. The molecule has 3 aliphatic rings. The number of hydrogen-bond donors (Lipinski definition) is 1. The zero-order valence-electron chi connectivity index (χ0n) is 9.62. The molecule has 3 saturated carbocycles.